The summed E-state index contributed by atoms with van der Waals surface area (Å²) in [5.74, 6) is 1.09. The number of carbonyl (C=O) groups excluding carboxylic acids is 2. The van der Waals surface area contributed by atoms with Crippen LogP contribution in [0.25, 0.3) is 6.08 Å². The van der Waals surface area contributed by atoms with Crippen molar-refractivity contribution >= 4 is 51.6 Å². The Hall–Kier alpha value is -1.22. The van der Waals surface area contributed by atoms with Crippen LogP contribution in [-0.4, -0.2) is 36.3 Å². The van der Waals surface area contributed by atoms with E-state index in [1.165, 1.54) is 7.05 Å². The van der Waals surface area contributed by atoms with Gasteiger partial charge >= 0.3 is 0 Å². The maximum absolute atomic E-state index is 12.0. The molecular weight excluding hydrogens is 429 g/mol. The lowest BCUT2D eigenvalue weighted by Crippen LogP contribution is -2.22. The van der Waals surface area contributed by atoms with Crippen LogP contribution in [0.1, 0.15) is 25.8 Å². The Labute approximate surface area is 153 Å². The minimum absolute atomic E-state index is 0.260. The van der Waals surface area contributed by atoms with Crippen molar-refractivity contribution in [1.29, 1.82) is 0 Å². The maximum Gasteiger partial charge on any atom is 0.293 e. The number of amides is 2. The van der Waals surface area contributed by atoms with Gasteiger partial charge < -0.3 is 9.47 Å². The van der Waals surface area contributed by atoms with Crippen LogP contribution in [0, 0.1) is 3.57 Å². The van der Waals surface area contributed by atoms with E-state index in [2.05, 4.69) is 22.6 Å². The van der Waals surface area contributed by atoms with Gasteiger partial charge in [-0.15, -0.1) is 0 Å². The van der Waals surface area contributed by atoms with Crippen LogP contribution >= 0.6 is 34.4 Å². The molecule has 0 aromatic heterocycles. The zero-order valence-corrected chi connectivity index (χ0v) is 16.2. The topological polar surface area (TPSA) is 55.8 Å². The van der Waals surface area contributed by atoms with Crippen molar-refractivity contribution in [3.8, 4) is 11.5 Å². The van der Waals surface area contributed by atoms with Crippen molar-refractivity contribution in [3.05, 3.63) is 26.2 Å². The summed E-state index contributed by atoms with van der Waals surface area (Å²) in [7, 11) is 1.48. The van der Waals surface area contributed by atoms with Gasteiger partial charge in [0, 0.05) is 7.05 Å². The quantitative estimate of drug-likeness (QED) is 0.485. The van der Waals surface area contributed by atoms with Gasteiger partial charge in [0.25, 0.3) is 11.1 Å². The SMILES string of the molecule is CCCOc1c(I)cc(/C=C2\SC(=O)N(C)C2=O)cc1OCC. The fourth-order valence-electron chi connectivity index (χ4n) is 1.98. The number of ether oxygens (including phenoxy) is 2. The highest BCUT2D eigenvalue weighted by Gasteiger charge is 2.31. The molecule has 1 aliphatic rings. The molecule has 1 aromatic rings. The summed E-state index contributed by atoms with van der Waals surface area (Å²) in [4.78, 5) is 25.1. The van der Waals surface area contributed by atoms with Crippen LogP contribution in [0.4, 0.5) is 4.79 Å². The summed E-state index contributed by atoms with van der Waals surface area (Å²) in [5.41, 5.74) is 0.806. The van der Waals surface area contributed by atoms with Gasteiger partial charge in [-0.2, -0.15) is 0 Å². The standard InChI is InChI=1S/C16H18INO4S/c1-4-6-22-14-11(17)7-10(8-12(14)21-5-2)9-13-15(19)18(3)16(20)23-13/h7-9H,4-6H2,1-3H3/b13-9-. The zero-order valence-electron chi connectivity index (χ0n) is 13.2. The van der Waals surface area contributed by atoms with Crippen molar-refractivity contribution in [2.24, 2.45) is 0 Å². The minimum atomic E-state index is -0.278. The molecule has 0 radical (unpaired) electrons. The van der Waals surface area contributed by atoms with Crippen LogP contribution in [0.15, 0.2) is 17.0 Å². The second kappa shape index (κ2) is 8.05. The van der Waals surface area contributed by atoms with Gasteiger partial charge in [0.05, 0.1) is 21.7 Å². The molecular formula is C16H18INO4S. The molecule has 0 saturated carbocycles. The fraction of sp³-hybridized carbons (Fsp3) is 0.375. The molecule has 23 heavy (non-hydrogen) atoms. The van der Waals surface area contributed by atoms with E-state index < -0.39 is 0 Å². The van der Waals surface area contributed by atoms with E-state index in [0.717, 1.165) is 38.0 Å². The van der Waals surface area contributed by atoms with E-state index in [1.54, 1.807) is 6.08 Å². The molecule has 0 spiro atoms. The Balaban J connectivity index is 2.37. The number of hydrogen-bond donors (Lipinski definition) is 0. The van der Waals surface area contributed by atoms with Crippen molar-refractivity contribution in [1.82, 2.24) is 4.90 Å². The number of halogens is 1. The molecule has 5 nitrogen and oxygen atoms in total. The summed E-state index contributed by atoms with van der Waals surface area (Å²) in [6.45, 7) is 5.09. The molecule has 0 N–H and O–H groups in total. The molecule has 1 heterocycles. The van der Waals surface area contributed by atoms with Crippen LogP contribution in [0.3, 0.4) is 0 Å². The zero-order chi connectivity index (χ0) is 17.0. The predicted molar refractivity (Wildman–Crippen MR) is 99.8 cm³/mol. The number of benzene rings is 1. The number of hydrogen-bond acceptors (Lipinski definition) is 5. The summed E-state index contributed by atoms with van der Waals surface area (Å²) in [6, 6.07) is 3.75. The highest BCUT2D eigenvalue weighted by molar-refractivity contribution is 14.1. The molecule has 1 aromatic carbocycles. The molecule has 0 bridgehead atoms. The van der Waals surface area contributed by atoms with Crippen LogP contribution in [-0.2, 0) is 4.79 Å². The van der Waals surface area contributed by atoms with E-state index in [9.17, 15) is 9.59 Å². The average molecular weight is 447 g/mol. The van der Waals surface area contributed by atoms with E-state index >= 15 is 0 Å². The number of likely N-dealkylation sites (N-methyl/N-ethyl adjacent to an activating group) is 1. The van der Waals surface area contributed by atoms with Crippen LogP contribution in [0.2, 0.25) is 0 Å². The molecule has 0 unspecified atom stereocenters. The van der Waals surface area contributed by atoms with Crippen LogP contribution in [0.5, 0.6) is 11.5 Å². The largest absolute Gasteiger partial charge is 0.490 e. The number of imide groups is 1. The third-order valence-electron chi connectivity index (χ3n) is 3.07. The number of thioether (sulfide) groups is 1. The van der Waals surface area contributed by atoms with E-state index in [-0.39, 0.29) is 11.1 Å². The van der Waals surface area contributed by atoms with Gasteiger partial charge in [-0.3, -0.25) is 14.5 Å². The molecule has 1 saturated heterocycles. The molecule has 0 atom stereocenters. The first-order valence-electron chi connectivity index (χ1n) is 7.28. The average Bonchev–Trinajstić information content (AvgIpc) is 2.74. The van der Waals surface area contributed by atoms with Crippen molar-refractivity contribution < 1.29 is 19.1 Å². The smallest absolute Gasteiger partial charge is 0.293 e. The number of nitrogens with zero attached hydrogens (tertiary/aromatic N) is 1. The summed E-state index contributed by atoms with van der Waals surface area (Å²) >= 11 is 3.13. The Bertz CT molecular complexity index is 660. The molecule has 1 fully saturated rings. The van der Waals surface area contributed by atoms with Gasteiger partial charge in [0.2, 0.25) is 0 Å². The third-order valence-corrected chi connectivity index (χ3v) is 4.83. The summed E-state index contributed by atoms with van der Waals surface area (Å²) in [5, 5.41) is -0.260. The molecule has 1 aliphatic heterocycles. The first-order valence-corrected chi connectivity index (χ1v) is 9.18. The predicted octanol–water partition coefficient (Wildman–Crippen LogP) is 4.14. The van der Waals surface area contributed by atoms with E-state index in [0.29, 0.717) is 23.9 Å². The minimum Gasteiger partial charge on any atom is -0.490 e. The second-order valence-electron chi connectivity index (χ2n) is 4.85. The van der Waals surface area contributed by atoms with Crippen molar-refractivity contribution in [2.75, 3.05) is 20.3 Å². The number of carbonyl (C=O) groups is 2. The lowest BCUT2D eigenvalue weighted by atomic mass is 10.2. The molecule has 2 amide bonds. The first kappa shape index (κ1) is 18.1. The summed E-state index contributed by atoms with van der Waals surface area (Å²) < 4.78 is 12.3. The lowest BCUT2D eigenvalue weighted by molar-refractivity contribution is -0.121. The Kier molecular flexibility index (Phi) is 6.34. The molecule has 7 heteroatoms. The number of rotatable bonds is 6. The first-order chi connectivity index (χ1) is 11.0. The third kappa shape index (κ3) is 4.20. The molecule has 0 aliphatic carbocycles. The fourth-order valence-corrected chi connectivity index (χ4v) is 3.58. The van der Waals surface area contributed by atoms with Crippen molar-refractivity contribution in [2.45, 2.75) is 20.3 Å². The van der Waals surface area contributed by atoms with Gasteiger partial charge in [0.1, 0.15) is 0 Å². The highest BCUT2D eigenvalue weighted by Crippen LogP contribution is 2.37. The normalized spacial score (nSPS) is 16.3. The monoisotopic (exact) mass is 447 g/mol. The Morgan fingerprint density at radius 1 is 1.26 bits per heavy atom. The van der Waals surface area contributed by atoms with E-state index in [4.69, 9.17) is 9.47 Å². The van der Waals surface area contributed by atoms with Gasteiger partial charge in [-0.1, -0.05) is 6.92 Å². The van der Waals surface area contributed by atoms with Crippen molar-refractivity contribution in [3.63, 3.8) is 0 Å². The Morgan fingerprint density at radius 2 is 2.00 bits per heavy atom. The van der Waals surface area contributed by atoms with E-state index in [1.807, 2.05) is 26.0 Å². The maximum atomic E-state index is 12.0. The summed E-state index contributed by atoms with van der Waals surface area (Å²) in [6.07, 6.45) is 2.62. The van der Waals surface area contributed by atoms with Gasteiger partial charge in [-0.25, -0.2) is 0 Å². The van der Waals surface area contributed by atoms with Crippen LogP contribution < -0.4 is 9.47 Å². The molecule has 124 valence electrons. The lowest BCUT2D eigenvalue weighted by Gasteiger charge is -2.14. The van der Waals surface area contributed by atoms with Gasteiger partial charge in [-0.05, 0) is 71.5 Å². The Morgan fingerprint density at radius 3 is 2.57 bits per heavy atom. The van der Waals surface area contributed by atoms with Gasteiger partial charge in [0.15, 0.2) is 11.5 Å². The highest BCUT2D eigenvalue weighted by atomic mass is 127. The second-order valence-corrected chi connectivity index (χ2v) is 7.01. The molecule has 2 rings (SSSR count).